The zero-order valence-electron chi connectivity index (χ0n) is 8.51. The molecular formula is C10H9ClN4O. The van der Waals surface area contributed by atoms with Gasteiger partial charge in [-0.25, -0.2) is 0 Å². The van der Waals surface area contributed by atoms with Crippen LogP contribution in [0.4, 0.5) is 5.82 Å². The van der Waals surface area contributed by atoms with E-state index in [1.54, 1.807) is 37.5 Å². The second-order valence-electron chi connectivity index (χ2n) is 3.24. The van der Waals surface area contributed by atoms with E-state index < -0.39 is 0 Å². The lowest BCUT2D eigenvalue weighted by molar-refractivity contribution is 0.102. The van der Waals surface area contributed by atoms with Gasteiger partial charge in [-0.15, -0.1) is 5.10 Å². The lowest BCUT2D eigenvalue weighted by Crippen LogP contribution is -2.11. The maximum Gasteiger partial charge on any atom is 0.256 e. The molecule has 0 fully saturated rings. The van der Waals surface area contributed by atoms with Gasteiger partial charge in [0.15, 0.2) is 5.82 Å². The van der Waals surface area contributed by atoms with Gasteiger partial charge < -0.3 is 5.32 Å². The van der Waals surface area contributed by atoms with Crippen LogP contribution in [0, 0.1) is 0 Å². The SMILES string of the molecule is Cn1cc(NC(=O)c2ccc(Cl)cc2)nn1. The Hall–Kier alpha value is -1.88. The van der Waals surface area contributed by atoms with Crippen molar-refractivity contribution in [3.8, 4) is 0 Å². The summed E-state index contributed by atoms with van der Waals surface area (Å²) in [6, 6.07) is 6.61. The van der Waals surface area contributed by atoms with Gasteiger partial charge in [0.05, 0.1) is 6.20 Å². The first-order chi connectivity index (χ1) is 7.65. The van der Waals surface area contributed by atoms with Crippen molar-refractivity contribution in [2.75, 3.05) is 5.32 Å². The quantitative estimate of drug-likeness (QED) is 0.864. The van der Waals surface area contributed by atoms with Crippen LogP contribution in [-0.4, -0.2) is 20.9 Å². The Bertz CT molecular complexity index is 506. The van der Waals surface area contributed by atoms with Crippen molar-refractivity contribution in [1.29, 1.82) is 0 Å². The Morgan fingerprint density at radius 1 is 1.38 bits per heavy atom. The molecule has 0 atom stereocenters. The first-order valence-electron chi connectivity index (χ1n) is 4.58. The number of aromatic nitrogens is 3. The molecule has 82 valence electrons. The number of anilines is 1. The predicted molar refractivity (Wildman–Crippen MR) is 60.4 cm³/mol. The molecule has 1 amide bonds. The van der Waals surface area contributed by atoms with Crippen LogP contribution in [0.1, 0.15) is 10.4 Å². The number of hydrogen-bond donors (Lipinski definition) is 1. The van der Waals surface area contributed by atoms with Crippen molar-refractivity contribution in [1.82, 2.24) is 15.0 Å². The number of amides is 1. The fraction of sp³-hybridized carbons (Fsp3) is 0.100. The van der Waals surface area contributed by atoms with Crippen molar-refractivity contribution in [3.05, 3.63) is 41.0 Å². The van der Waals surface area contributed by atoms with Crippen molar-refractivity contribution in [2.45, 2.75) is 0 Å². The highest BCUT2D eigenvalue weighted by Gasteiger charge is 2.07. The highest BCUT2D eigenvalue weighted by Crippen LogP contribution is 2.10. The maximum atomic E-state index is 11.7. The average Bonchev–Trinajstić information content (AvgIpc) is 2.65. The molecule has 16 heavy (non-hydrogen) atoms. The van der Waals surface area contributed by atoms with Crippen molar-refractivity contribution in [3.63, 3.8) is 0 Å². The minimum Gasteiger partial charge on any atom is -0.304 e. The molecule has 0 saturated heterocycles. The highest BCUT2D eigenvalue weighted by atomic mass is 35.5. The molecule has 0 spiro atoms. The molecule has 1 N–H and O–H groups in total. The van der Waals surface area contributed by atoms with E-state index in [9.17, 15) is 4.79 Å². The lowest BCUT2D eigenvalue weighted by atomic mass is 10.2. The van der Waals surface area contributed by atoms with E-state index in [2.05, 4.69) is 15.6 Å². The molecule has 0 unspecified atom stereocenters. The number of carbonyl (C=O) groups is 1. The van der Waals surface area contributed by atoms with Gasteiger partial charge in [-0.05, 0) is 24.3 Å². The molecule has 0 saturated carbocycles. The number of nitrogens with zero attached hydrogens (tertiary/aromatic N) is 3. The molecule has 6 heteroatoms. The average molecular weight is 237 g/mol. The number of benzene rings is 1. The van der Waals surface area contributed by atoms with E-state index in [-0.39, 0.29) is 5.91 Å². The molecule has 1 aromatic heterocycles. The van der Waals surface area contributed by atoms with Crippen molar-refractivity contribution in [2.24, 2.45) is 7.05 Å². The second kappa shape index (κ2) is 4.32. The van der Waals surface area contributed by atoms with Crippen LogP contribution in [0.3, 0.4) is 0 Å². The molecule has 0 bridgehead atoms. The number of aryl methyl sites for hydroxylation is 1. The van der Waals surface area contributed by atoms with Gasteiger partial charge in [-0.1, -0.05) is 16.8 Å². The zero-order valence-corrected chi connectivity index (χ0v) is 9.27. The fourth-order valence-electron chi connectivity index (χ4n) is 1.19. The molecule has 2 aromatic rings. The summed E-state index contributed by atoms with van der Waals surface area (Å²) in [5.74, 6) is 0.180. The van der Waals surface area contributed by atoms with E-state index in [4.69, 9.17) is 11.6 Å². The Morgan fingerprint density at radius 2 is 2.06 bits per heavy atom. The highest BCUT2D eigenvalue weighted by molar-refractivity contribution is 6.30. The number of hydrogen-bond acceptors (Lipinski definition) is 3. The fourth-order valence-corrected chi connectivity index (χ4v) is 1.32. The Labute approximate surface area is 97.0 Å². The summed E-state index contributed by atoms with van der Waals surface area (Å²) in [7, 11) is 1.73. The zero-order chi connectivity index (χ0) is 11.5. The molecule has 0 aliphatic carbocycles. The van der Waals surface area contributed by atoms with Crippen LogP contribution in [-0.2, 0) is 7.05 Å². The Morgan fingerprint density at radius 3 is 2.62 bits per heavy atom. The van der Waals surface area contributed by atoms with Gasteiger partial charge >= 0.3 is 0 Å². The van der Waals surface area contributed by atoms with Crippen LogP contribution in [0.25, 0.3) is 0 Å². The predicted octanol–water partition coefficient (Wildman–Crippen LogP) is 1.72. The summed E-state index contributed by atoms with van der Waals surface area (Å²) in [6.07, 6.45) is 1.62. The molecule has 0 radical (unpaired) electrons. The third-order valence-corrected chi connectivity index (χ3v) is 2.20. The second-order valence-corrected chi connectivity index (χ2v) is 3.67. The van der Waals surface area contributed by atoms with Crippen LogP contribution >= 0.6 is 11.6 Å². The van der Waals surface area contributed by atoms with Gasteiger partial charge in [0, 0.05) is 17.6 Å². The lowest BCUT2D eigenvalue weighted by Gasteiger charge is -2.00. The van der Waals surface area contributed by atoms with Gasteiger partial charge in [0.2, 0.25) is 0 Å². The number of carbonyl (C=O) groups excluding carboxylic acids is 1. The summed E-state index contributed by atoms with van der Waals surface area (Å²) >= 11 is 5.72. The summed E-state index contributed by atoms with van der Waals surface area (Å²) in [5.41, 5.74) is 0.523. The van der Waals surface area contributed by atoms with Crippen LogP contribution in [0.2, 0.25) is 5.02 Å². The van der Waals surface area contributed by atoms with E-state index in [1.165, 1.54) is 4.68 Å². The van der Waals surface area contributed by atoms with Gasteiger partial charge in [-0.3, -0.25) is 9.48 Å². The summed E-state index contributed by atoms with van der Waals surface area (Å²) in [4.78, 5) is 11.7. The number of nitrogens with one attached hydrogen (secondary N) is 1. The van der Waals surface area contributed by atoms with E-state index in [1.807, 2.05) is 0 Å². The van der Waals surface area contributed by atoms with Crippen LogP contribution in [0.5, 0.6) is 0 Å². The molecule has 5 nitrogen and oxygen atoms in total. The molecular weight excluding hydrogens is 228 g/mol. The smallest absolute Gasteiger partial charge is 0.256 e. The number of rotatable bonds is 2. The summed E-state index contributed by atoms with van der Waals surface area (Å²) < 4.78 is 1.51. The van der Waals surface area contributed by atoms with E-state index in [0.29, 0.717) is 16.4 Å². The molecule has 0 aliphatic heterocycles. The largest absolute Gasteiger partial charge is 0.304 e. The van der Waals surface area contributed by atoms with Crippen molar-refractivity contribution >= 4 is 23.3 Å². The van der Waals surface area contributed by atoms with Crippen LogP contribution < -0.4 is 5.32 Å². The van der Waals surface area contributed by atoms with E-state index >= 15 is 0 Å². The summed E-state index contributed by atoms with van der Waals surface area (Å²) in [5, 5.41) is 10.7. The minimum atomic E-state index is -0.239. The first-order valence-corrected chi connectivity index (χ1v) is 4.96. The van der Waals surface area contributed by atoms with Gasteiger partial charge in [-0.2, -0.15) is 0 Å². The maximum absolute atomic E-state index is 11.7. The normalized spacial score (nSPS) is 10.1. The molecule has 1 heterocycles. The summed E-state index contributed by atoms with van der Waals surface area (Å²) in [6.45, 7) is 0. The third-order valence-electron chi connectivity index (χ3n) is 1.95. The van der Waals surface area contributed by atoms with Crippen molar-refractivity contribution < 1.29 is 4.79 Å². The van der Waals surface area contributed by atoms with E-state index in [0.717, 1.165) is 0 Å². The molecule has 1 aromatic carbocycles. The topological polar surface area (TPSA) is 59.8 Å². The number of halogens is 1. The van der Waals surface area contributed by atoms with Gasteiger partial charge in [0.1, 0.15) is 0 Å². The first kappa shape index (κ1) is 10.6. The monoisotopic (exact) mass is 236 g/mol. The van der Waals surface area contributed by atoms with Crippen LogP contribution in [0.15, 0.2) is 30.5 Å². The third kappa shape index (κ3) is 2.38. The minimum absolute atomic E-state index is 0.239. The molecule has 2 rings (SSSR count). The molecule has 0 aliphatic rings. The standard InChI is InChI=1S/C10H9ClN4O/c1-15-6-9(13-14-15)12-10(16)7-2-4-8(11)5-3-7/h2-6H,1H3,(H,12,16). The van der Waals surface area contributed by atoms with Gasteiger partial charge in [0.25, 0.3) is 5.91 Å². The Balaban J connectivity index is 2.11. The Kier molecular flexibility index (Phi) is 2.87.